The van der Waals surface area contributed by atoms with Gasteiger partial charge in [-0.3, -0.25) is 14.5 Å². The molecule has 0 radical (unpaired) electrons. The van der Waals surface area contributed by atoms with Crippen LogP contribution in [0.2, 0.25) is 5.02 Å². The van der Waals surface area contributed by atoms with Gasteiger partial charge < -0.3 is 24.8 Å². The highest BCUT2D eigenvalue weighted by Gasteiger charge is 2.19. The maximum absolute atomic E-state index is 13.2. The Morgan fingerprint density at radius 3 is 2.68 bits per heavy atom. The van der Waals surface area contributed by atoms with Crippen molar-refractivity contribution in [3.8, 4) is 28.5 Å². The highest BCUT2D eigenvalue weighted by Crippen LogP contribution is 2.36. The molecule has 0 unspecified atom stereocenters. The smallest absolute Gasteiger partial charge is 0.240 e. The Kier molecular flexibility index (Phi) is 9.42. The molecule has 5 rings (SSSR count). The molecule has 212 valence electrons. The lowest BCUT2D eigenvalue weighted by Gasteiger charge is -2.21. The predicted molar refractivity (Wildman–Crippen MR) is 155 cm³/mol. The SMILES string of the molecule is O=C(CN1CCOCCOc2ccccc2Oc2ccc(Cl)cc2NC(=O)C1)Nc1nc(-c2ccc(F)cc2)cs1. The maximum atomic E-state index is 13.2. The molecule has 1 aliphatic heterocycles. The Bertz CT molecular complexity index is 1520. The van der Waals surface area contributed by atoms with Crippen LogP contribution in [0.5, 0.6) is 17.2 Å². The number of hydrogen-bond acceptors (Lipinski definition) is 8. The van der Waals surface area contributed by atoms with Crippen molar-refractivity contribution < 1.29 is 28.2 Å². The number of nitrogens with zero attached hydrogens (tertiary/aromatic N) is 2. The van der Waals surface area contributed by atoms with Crippen LogP contribution < -0.4 is 20.1 Å². The quantitative estimate of drug-likeness (QED) is 0.312. The van der Waals surface area contributed by atoms with Crippen LogP contribution in [0.3, 0.4) is 0 Å². The van der Waals surface area contributed by atoms with Crippen LogP contribution in [0.25, 0.3) is 11.3 Å². The Labute approximate surface area is 244 Å². The summed E-state index contributed by atoms with van der Waals surface area (Å²) in [6.07, 6.45) is 0. The number of amides is 2. The van der Waals surface area contributed by atoms with Crippen LogP contribution >= 0.6 is 22.9 Å². The lowest BCUT2D eigenvalue weighted by molar-refractivity contribution is -0.120. The summed E-state index contributed by atoms with van der Waals surface area (Å²) in [5.41, 5.74) is 1.74. The number of carbonyl (C=O) groups excluding carboxylic acids is 2. The van der Waals surface area contributed by atoms with Gasteiger partial charge in [0.25, 0.3) is 0 Å². The summed E-state index contributed by atoms with van der Waals surface area (Å²) in [5, 5.41) is 8.21. The number of benzene rings is 3. The largest absolute Gasteiger partial charge is 0.487 e. The van der Waals surface area contributed by atoms with Gasteiger partial charge in [-0.15, -0.1) is 11.3 Å². The number of hydrogen-bond donors (Lipinski definition) is 2. The second-order valence-electron chi connectivity index (χ2n) is 9.00. The van der Waals surface area contributed by atoms with Gasteiger partial charge in [0, 0.05) is 22.5 Å². The monoisotopic (exact) mass is 596 g/mol. The maximum Gasteiger partial charge on any atom is 0.240 e. The molecule has 12 heteroatoms. The minimum absolute atomic E-state index is 0.0803. The number of anilines is 2. The molecule has 9 nitrogen and oxygen atoms in total. The molecule has 1 aliphatic rings. The zero-order valence-electron chi connectivity index (χ0n) is 21.8. The zero-order valence-corrected chi connectivity index (χ0v) is 23.3. The van der Waals surface area contributed by atoms with Gasteiger partial charge in [0.05, 0.1) is 37.7 Å². The Balaban J connectivity index is 1.27. The third kappa shape index (κ3) is 8.01. The molecule has 2 amide bonds. The fourth-order valence-electron chi connectivity index (χ4n) is 4.02. The van der Waals surface area contributed by atoms with Crippen molar-refractivity contribution in [3.05, 3.63) is 82.9 Å². The Hall–Kier alpha value is -4.03. The van der Waals surface area contributed by atoms with Crippen molar-refractivity contribution in [2.45, 2.75) is 0 Å². The lowest BCUT2D eigenvalue weighted by Crippen LogP contribution is -2.40. The normalized spacial score (nSPS) is 14.7. The molecule has 2 N–H and O–H groups in total. The van der Waals surface area contributed by atoms with Gasteiger partial charge in [-0.2, -0.15) is 0 Å². The summed E-state index contributed by atoms with van der Waals surface area (Å²) in [4.78, 5) is 32.1. The summed E-state index contributed by atoms with van der Waals surface area (Å²) >= 11 is 7.46. The van der Waals surface area contributed by atoms with Crippen molar-refractivity contribution in [2.75, 3.05) is 50.1 Å². The first-order valence-corrected chi connectivity index (χ1v) is 14.0. The van der Waals surface area contributed by atoms with Crippen LogP contribution in [0.15, 0.2) is 72.1 Å². The standard InChI is InChI=1S/C29H26ClFN4O5S/c30-20-7-10-24-22(15-20)32-27(36)16-35(11-12-38-13-14-39-25-3-1-2-4-26(25)40-24)17-28(37)34-29-33-23(18-41-29)19-5-8-21(31)9-6-19/h1-10,15,18H,11-14,16-17H2,(H,32,36)(H,33,34,37). The first-order chi connectivity index (χ1) is 19.9. The molecule has 2 heterocycles. The van der Waals surface area contributed by atoms with E-state index in [9.17, 15) is 14.0 Å². The van der Waals surface area contributed by atoms with E-state index in [0.717, 1.165) is 5.56 Å². The fourth-order valence-corrected chi connectivity index (χ4v) is 4.93. The molecule has 0 fully saturated rings. The van der Waals surface area contributed by atoms with Crippen LogP contribution in [-0.2, 0) is 14.3 Å². The van der Waals surface area contributed by atoms with Crippen LogP contribution in [0, 0.1) is 5.82 Å². The molecule has 4 aromatic rings. The van der Waals surface area contributed by atoms with Gasteiger partial charge in [-0.05, 0) is 54.6 Å². The summed E-state index contributed by atoms with van der Waals surface area (Å²) in [5.74, 6) is 0.341. The minimum atomic E-state index is -0.364. The summed E-state index contributed by atoms with van der Waals surface area (Å²) in [6, 6.07) is 18.1. The topological polar surface area (TPSA) is 102 Å². The number of para-hydroxylation sites is 2. The van der Waals surface area contributed by atoms with Crippen molar-refractivity contribution >= 4 is 45.6 Å². The summed E-state index contributed by atoms with van der Waals surface area (Å²) < 4.78 is 30.9. The van der Waals surface area contributed by atoms with E-state index < -0.39 is 0 Å². The van der Waals surface area contributed by atoms with Crippen molar-refractivity contribution in [1.29, 1.82) is 0 Å². The number of fused-ring (bicyclic) bond motifs is 2. The number of nitrogens with one attached hydrogen (secondary N) is 2. The van der Waals surface area contributed by atoms with Crippen molar-refractivity contribution in [1.82, 2.24) is 9.88 Å². The molecule has 1 aromatic heterocycles. The number of ether oxygens (including phenoxy) is 3. The molecule has 0 saturated heterocycles. The van der Waals surface area contributed by atoms with Gasteiger partial charge in [-0.1, -0.05) is 23.7 Å². The third-order valence-corrected chi connectivity index (χ3v) is 6.94. The number of thiazole rings is 1. The molecule has 0 saturated carbocycles. The predicted octanol–water partition coefficient (Wildman–Crippen LogP) is 5.68. The van der Waals surface area contributed by atoms with E-state index in [1.54, 1.807) is 52.7 Å². The van der Waals surface area contributed by atoms with Gasteiger partial charge in [-0.25, -0.2) is 9.37 Å². The van der Waals surface area contributed by atoms with Crippen LogP contribution in [-0.4, -0.2) is 61.2 Å². The average molecular weight is 597 g/mol. The molecule has 41 heavy (non-hydrogen) atoms. The van der Waals surface area contributed by atoms with Crippen LogP contribution in [0.4, 0.5) is 15.2 Å². The van der Waals surface area contributed by atoms with E-state index in [4.69, 9.17) is 25.8 Å². The van der Waals surface area contributed by atoms with E-state index >= 15 is 0 Å². The summed E-state index contributed by atoms with van der Waals surface area (Å²) in [6.45, 7) is 1.01. The fraction of sp³-hybridized carbons (Fsp3) is 0.207. The number of aromatic nitrogens is 1. The van der Waals surface area contributed by atoms with E-state index in [1.807, 2.05) is 12.1 Å². The Morgan fingerprint density at radius 2 is 1.85 bits per heavy atom. The Morgan fingerprint density at radius 1 is 1.05 bits per heavy atom. The molecule has 0 spiro atoms. The molecule has 0 atom stereocenters. The summed E-state index contributed by atoms with van der Waals surface area (Å²) in [7, 11) is 0. The lowest BCUT2D eigenvalue weighted by atomic mass is 10.2. The molecular weight excluding hydrogens is 571 g/mol. The zero-order chi connectivity index (χ0) is 28.6. The van der Waals surface area contributed by atoms with Crippen molar-refractivity contribution in [3.63, 3.8) is 0 Å². The second kappa shape index (κ2) is 13.6. The van der Waals surface area contributed by atoms with E-state index in [2.05, 4.69) is 15.6 Å². The number of carbonyl (C=O) groups is 2. The van der Waals surface area contributed by atoms with Crippen molar-refractivity contribution in [2.24, 2.45) is 0 Å². The molecule has 3 aromatic carbocycles. The van der Waals surface area contributed by atoms with Gasteiger partial charge in [0.2, 0.25) is 11.8 Å². The van der Waals surface area contributed by atoms with E-state index in [-0.39, 0.29) is 43.9 Å². The number of halogens is 2. The highest BCUT2D eigenvalue weighted by molar-refractivity contribution is 7.14. The molecular formula is C29H26ClFN4O5S. The first-order valence-electron chi connectivity index (χ1n) is 12.7. The minimum Gasteiger partial charge on any atom is -0.487 e. The third-order valence-electron chi connectivity index (χ3n) is 5.95. The number of rotatable bonds is 4. The second-order valence-corrected chi connectivity index (χ2v) is 10.3. The van der Waals surface area contributed by atoms with E-state index in [1.165, 1.54) is 23.5 Å². The van der Waals surface area contributed by atoms with Gasteiger partial charge in [0.1, 0.15) is 12.4 Å². The molecule has 0 aliphatic carbocycles. The van der Waals surface area contributed by atoms with Gasteiger partial charge >= 0.3 is 0 Å². The van der Waals surface area contributed by atoms with Gasteiger partial charge in [0.15, 0.2) is 22.4 Å². The van der Waals surface area contributed by atoms with E-state index in [0.29, 0.717) is 51.9 Å². The molecule has 0 bridgehead atoms. The average Bonchev–Trinajstić information content (AvgIpc) is 3.40. The van der Waals surface area contributed by atoms with Crippen LogP contribution in [0.1, 0.15) is 0 Å². The first kappa shape index (κ1) is 28.5. The highest BCUT2D eigenvalue weighted by atomic mass is 35.5.